The van der Waals surface area contributed by atoms with Crippen LogP contribution in [0.25, 0.3) is 0 Å². The molecular weight excluding hydrogens is 260 g/mol. The number of carbonyl (C=O) groups is 2. The van der Waals surface area contributed by atoms with Crippen LogP contribution in [-0.2, 0) is 9.59 Å². The van der Waals surface area contributed by atoms with Gasteiger partial charge < -0.3 is 9.59 Å². The van der Waals surface area contributed by atoms with Gasteiger partial charge in [-0.15, -0.1) is 0 Å². The third-order valence-corrected chi connectivity index (χ3v) is 7.14. The van der Waals surface area contributed by atoms with Gasteiger partial charge in [-0.3, -0.25) is 0 Å². The molecule has 2 unspecified atom stereocenters. The Balaban J connectivity index is 2.04. The molecule has 0 bridgehead atoms. The molecule has 2 heteroatoms. The molecule has 0 saturated heterocycles. The van der Waals surface area contributed by atoms with Crippen LogP contribution in [0.2, 0.25) is 0 Å². The van der Waals surface area contributed by atoms with Gasteiger partial charge in [0, 0.05) is 10.8 Å². The molecule has 0 aromatic rings. The summed E-state index contributed by atoms with van der Waals surface area (Å²) in [5.74, 6) is 0.853. The van der Waals surface area contributed by atoms with Crippen molar-refractivity contribution in [2.45, 2.75) is 65.7 Å². The quantitative estimate of drug-likeness (QED) is 0.560. The highest BCUT2D eigenvalue weighted by atomic mass is 16.1. The van der Waals surface area contributed by atoms with Gasteiger partial charge in [0.25, 0.3) is 0 Å². The van der Waals surface area contributed by atoms with Crippen LogP contribution in [0.5, 0.6) is 0 Å². The van der Waals surface area contributed by atoms with E-state index in [1.54, 1.807) is 0 Å². The van der Waals surface area contributed by atoms with E-state index in [1.165, 1.54) is 24.6 Å². The normalized spacial score (nSPS) is 49.6. The van der Waals surface area contributed by atoms with Crippen molar-refractivity contribution < 1.29 is 9.59 Å². The van der Waals surface area contributed by atoms with Crippen molar-refractivity contribution in [3.8, 4) is 0 Å². The molecule has 3 rings (SSSR count). The Morgan fingerprint density at radius 1 is 1.00 bits per heavy atom. The molecule has 0 aromatic carbocycles. The molecule has 0 aromatic heterocycles. The molecular formula is C19H28O2. The van der Waals surface area contributed by atoms with E-state index in [2.05, 4.69) is 26.8 Å². The third kappa shape index (κ3) is 1.98. The van der Waals surface area contributed by atoms with Crippen LogP contribution in [-0.4, -0.2) is 12.6 Å². The summed E-state index contributed by atoms with van der Waals surface area (Å²) in [6.45, 7) is 6.67. The lowest BCUT2D eigenvalue weighted by Crippen LogP contribution is -2.52. The van der Waals surface area contributed by atoms with Crippen molar-refractivity contribution in [1.82, 2.24) is 0 Å². The van der Waals surface area contributed by atoms with Crippen molar-refractivity contribution in [2.24, 2.45) is 28.1 Å². The zero-order chi connectivity index (χ0) is 15.3. The van der Waals surface area contributed by atoms with Crippen LogP contribution in [0.4, 0.5) is 0 Å². The third-order valence-electron chi connectivity index (χ3n) is 7.14. The number of hydrogen-bond acceptors (Lipinski definition) is 2. The van der Waals surface area contributed by atoms with Gasteiger partial charge in [-0.2, -0.15) is 0 Å². The number of hydrogen-bond donors (Lipinski definition) is 0. The van der Waals surface area contributed by atoms with E-state index in [4.69, 9.17) is 0 Å². The largest absolute Gasteiger partial charge is 0.303 e. The summed E-state index contributed by atoms with van der Waals surface area (Å²) >= 11 is 0. The predicted octanol–water partition coefficient (Wildman–Crippen LogP) is 4.33. The number of aldehydes is 2. The fraction of sp³-hybridized carbons (Fsp3) is 0.789. The summed E-state index contributed by atoms with van der Waals surface area (Å²) in [7, 11) is 0. The van der Waals surface area contributed by atoms with E-state index in [1.807, 2.05) is 0 Å². The van der Waals surface area contributed by atoms with Gasteiger partial charge in [0.15, 0.2) is 0 Å². The van der Waals surface area contributed by atoms with Crippen LogP contribution in [0.15, 0.2) is 11.6 Å². The van der Waals surface area contributed by atoms with Crippen LogP contribution in [0.1, 0.15) is 65.7 Å². The summed E-state index contributed by atoms with van der Waals surface area (Å²) in [6.07, 6.45) is 12.3. The molecule has 0 amide bonds. The standard InChI is InChI=1S/C19H28O2/c1-17(12-20)9-4-6-15-14(17)7-8-16-18(2,13-21)10-5-11-19(15,16)3/h6,12-14,16H,4-5,7-11H2,1-3H3/t14-,16?,17?,18-,19-/m0/s1. The van der Waals surface area contributed by atoms with Crippen LogP contribution in [0.3, 0.4) is 0 Å². The second-order valence-corrected chi connectivity index (χ2v) is 8.40. The lowest BCUT2D eigenvalue weighted by atomic mass is 9.45. The first-order valence-electron chi connectivity index (χ1n) is 8.53. The Kier molecular flexibility index (Phi) is 3.42. The van der Waals surface area contributed by atoms with E-state index in [9.17, 15) is 9.59 Å². The highest BCUT2D eigenvalue weighted by molar-refractivity contribution is 5.63. The molecule has 3 aliphatic rings. The van der Waals surface area contributed by atoms with E-state index in [-0.39, 0.29) is 16.2 Å². The number of allylic oxidation sites excluding steroid dienone is 2. The monoisotopic (exact) mass is 288 g/mol. The maximum Gasteiger partial charge on any atom is 0.126 e. The van der Waals surface area contributed by atoms with Crippen molar-refractivity contribution in [1.29, 1.82) is 0 Å². The van der Waals surface area contributed by atoms with Gasteiger partial charge in [-0.25, -0.2) is 0 Å². The number of rotatable bonds is 2. The maximum absolute atomic E-state index is 11.7. The van der Waals surface area contributed by atoms with Gasteiger partial charge in [0.2, 0.25) is 0 Å². The van der Waals surface area contributed by atoms with Crippen LogP contribution >= 0.6 is 0 Å². The van der Waals surface area contributed by atoms with Crippen molar-refractivity contribution in [2.75, 3.05) is 0 Å². The lowest BCUT2D eigenvalue weighted by molar-refractivity contribution is -0.129. The predicted molar refractivity (Wildman–Crippen MR) is 83.8 cm³/mol. The Hall–Kier alpha value is -0.920. The van der Waals surface area contributed by atoms with Crippen LogP contribution in [0, 0.1) is 28.1 Å². The zero-order valence-electron chi connectivity index (χ0n) is 13.7. The molecule has 2 fully saturated rings. The summed E-state index contributed by atoms with van der Waals surface area (Å²) in [6, 6.07) is 0. The Morgan fingerprint density at radius 2 is 1.71 bits per heavy atom. The second-order valence-electron chi connectivity index (χ2n) is 8.40. The lowest BCUT2D eigenvalue weighted by Gasteiger charge is -2.59. The van der Waals surface area contributed by atoms with E-state index < -0.39 is 0 Å². The summed E-state index contributed by atoms with van der Waals surface area (Å²) in [4.78, 5) is 23.4. The van der Waals surface area contributed by atoms with E-state index >= 15 is 0 Å². The minimum atomic E-state index is -0.187. The summed E-state index contributed by atoms with van der Waals surface area (Å²) in [5, 5.41) is 0. The Morgan fingerprint density at radius 3 is 2.38 bits per heavy atom. The fourth-order valence-corrected chi connectivity index (χ4v) is 5.85. The second kappa shape index (κ2) is 4.79. The van der Waals surface area contributed by atoms with Crippen molar-refractivity contribution in [3.05, 3.63) is 11.6 Å². The zero-order valence-corrected chi connectivity index (χ0v) is 13.7. The highest BCUT2D eigenvalue weighted by Crippen LogP contribution is 2.64. The molecule has 116 valence electrons. The molecule has 0 heterocycles. The Bertz CT molecular complexity index is 494. The van der Waals surface area contributed by atoms with Crippen molar-refractivity contribution in [3.63, 3.8) is 0 Å². The first kappa shape index (κ1) is 15.0. The average molecular weight is 288 g/mol. The number of carbonyl (C=O) groups excluding carboxylic acids is 2. The molecule has 0 radical (unpaired) electrons. The highest BCUT2D eigenvalue weighted by Gasteiger charge is 2.56. The van der Waals surface area contributed by atoms with Gasteiger partial charge in [-0.1, -0.05) is 38.8 Å². The maximum atomic E-state index is 11.7. The fourth-order valence-electron chi connectivity index (χ4n) is 5.85. The molecule has 0 spiro atoms. The summed E-state index contributed by atoms with van der Waals surface area (Å²) in [5.41, 5.74) is 1.27. The van der Waals surface area contributed by atoms with Crippen molar-refractivity contribution >= 4 is 12.6 Å². The van der Waals surface area contributed by atoms with E-state index in [0.29, 0.717) is 11.8 Å². The van der Waals surface area contributed by atoms with Gasteiger partial charge in [0.05, 0.1) is 0 Å². The molecule has 0 N–H and O–H groups in total. The minimum Gasteiger partial charge on any atom is -0.303 e. The molecule has 21 heavy (non-hydrogen) atoms. The molecule has 2 nitrogen and oxygen atoms in total. The first-order chi connectivity index (χ1) is 9.89. The molecule has 2 saturated carbocycles. The molecule has 3 aliphatic carbocycles. The average Bonchev–Trinajstić information content (AvgIpc) is 2.48. The Labute approximate surface area is 128 Å². The molecule has 0 aliphatic heterocycles. The van der Waals surface area contributed by atoms with Gasteiger partial charge in [0.1, 0.15) is 12.6 Å². The summed E-state index contributed by atoms with van der Waals surface area (Å²) < 4.78 is 0. The first-order valence-corrected chi connectivity index (χ1v) is 8.53. The van der Waals surface area contributed by atoms with Gasteiger partial charge in [-0.05, 0) is 55.8 Å². The van der Waals surface area contributed by atoms with E-state index in [0.717, 1.165) is 38.5 Å². The smallest absolute Gasteiger partial charge is 0.126 e. The number of fused-ring (bicyclic) bond motifs is 3. The van der Waals surface area contributed by atoms with Gasteiger partial charge >= 0.3 is 0 Å². The SMILES string of the molecule is CC1(C=O)CCC=C2[C@@H]1CCC1[C@@]2(C)CCC[C@@]1(C)C=O. The van der Waals surface area contributed by atoms with Crippen LogP contribution < -0.4 is 0 Å². The molecule has 5 atom stereocenters. The minimum absolute atomic E-state index is 0.127. The topological polar surface area (TPSA) is 34.1 Å².